The first kappa shape index (κ1) is 18.2. The number of carbonyl (C=O) groups is 1. The zero-order chi connectivity index (χ0) is 18.5. The maximum Gasteiger partial charge on any atom is 0.242 e. The molecule has 2 aromatic rings. The second kappa shape index (κ2) is 8.19. The first-order valence-corrected chi connectivity index (χ1v) is 9.24. The topological polar surface area (TPSA) is 54.3 Å². The molecule has 3 rings (SSSR count). The minimum atomic E-state index is -0.144. The second-order valence-corrected chi connectivity index (χ2v) is 7.32. The van der Waals surface area contributed by atoms with E-state index >= 15 is 0 Å². The molecular weight excluding hydrogens is 346 g/mol. The Hall–Kier alpha value is -2.60. The molecule has 0 saturated carbocycles. The molecule has 1 heterocycles. The van der Waals surface area contributed by atoms with Crippen LogP contribution in [-0.4, -0.2) is 34.5 Å². The summed E-state index contributed by atoms with van der Waals surface area (Å²) >= 11 is 1.44. The molecule has 1 unspecified atom stereocenters. The number of hydrogen-bond donors (Lipinski definition) is 0. The molecule has 0 spiro atoms. The molecule has 5 nitrogen and oxygen atoms in total. The Bertz CT molecular complexity index is 846. The summed E-state index contributed by atoms with van der Waals surface area (Å²) in [6.45, 7) is 4.46. The Labute approximate surface area is 157 Å². The highest BCUT2D eigenvalue weighted by Crippen LogP contribution is 2.29. The Balaban J connectivity index is 1.77. The van der Waals surface area contributed by atoms with E-state index in [1.54, 1.807) is 18.2 Å². The van der Waals surface area contributed by atoms with Gasteiger partial charge in [0.15, 0.2) is 5.17 Å². The van der Waals surface area contributed by atoms with Crippen LogP contribution in [-0.2, 0) is 11.3 Å². The Morgan fingerprint density at radius 3 is 2.62 bits per heavy atom. The van der Waals surface area contributed by atoms with Crippen molar-refractivity contribution in [2.75, 3.05) is 7.11 Å². The predicted molar refractivity (Wildman–Crippen MR) is 107 cm³/mol. The molecule has 0 aliphatic carbocycles. The standard InChI is InChI=1S/C20H21N3O2S/c1-14-6-4-5-7-17(14)13-23-19(24)15(2)26-20(23)22-21-12-16-8-10-18(25-3)11-9-16/h4-12,15H,13H2,1-3H3. The number of amidine groups is 1. The van der Waals surface area contributed by atoms with Crippen LogP contribution >= 0.6 is 11.8 Å². The summed E-state index contributed by atoms with van der Waals surface area (Å²) in [5.41, 5.74) is 3.19. The van der Waals surface area contributed by atoms with Gasteiger partial charge in [-0.15, -0.1) is 5.10 Å². The number of thioether (sulfide) groups is 1. The highest BCUT2D eigenvalue weighted by Gasteiger charge is 2.35. The SMILES string of the molecule is COc1ccc(C=NN=C2SC(C)C(=O)N2Cc2ccccc2C)cc1. The number of hydrogen-bond acceptors (Lipinski definition) is 5. The van der Waals surface area contributed by atoms with E-state index in [1.165, 1.54) is 11.8 Å². The first-order chi connectivity index (χ1) is 12.6. The van der Waals surface area contributed by atoms with Crippen molar-refractivity contribution in [1.82, 2.24) is 4.90 Å². The Morgan fingerprint density at radius 1 is 1.19 bits per heavy atom. The third kappa shape index (κ3) is 4.14. The molecular formula is C20H21N3O2S. The van der Waals surface area contributed by atoms with Gasteiger partial charge in [-0.1, -0.05) is 36.0 Å². The average molecular weight is 367 g/mol. The lowest BCUT2D eigenvalue weighted by molar-refractivity contribution is -0.126. The summed E-state index contributed by atoms with van der Waals surface area (Å²) in [5, 5.41) is 8.95. The van der Waals surface area contributed by atoms with Crippen LogP contribution in [0.4, 0.5) is 0 Å². The summed E-state index contributed by atoms with van der Waals surface area (Å²) in [4.78, 5) is 14.2. The van der Waals surface area contributed by atoms with Crippen molar-refractivity contribution in [3.63, 3.8) is 0 Å². The highest BCUT2D eigenvalue weighted by atomic mass is 32.2. The number of amides is 1. The lowest BCUT2D eigenvalue weighted by Gasteiger charge is -2.16. The second-order valence-electron chi connectivity index (χ2n) is 6.01. The minimum absolute atomic E-state index is 0.0663. The quantitative estimate of drug-likeness (QED) is 0.596. The van der Waals surface area contributed by atoms with Crippen molar-refractivity contribution in [3.05, 3.63) is 65.2 Å². The van der Waals surface area contributed by atoms with Crippen molar-refractivity contribution in [3.8, 4) is 5.75 Å². The van der Waals surface area contributed by atoms with Crippen molar-refractivity contribution >= 4 is 29.1 Å². The zero-order valence-corrected chi connectivity index (χ0v) is 15.9. The van der Waals surface area contributed by atoms with Gasteiger partial charge < -0.3 is 4.74 Å². The van der Waals surface area contributed by atoms with Gasteiger partial charge in [0.25, 0.3) is 0 Å². The number of rotatable bonds is 5. The largest absolute Gasteiger partial charge is 0.497 e. The zero-order valence-electron chi connectivity index (χ0n) is 15.0. The minimum Gasteiger partial charge on any atom is -0.497 e. The van der Waals surface area contributed by atoms with Gasteiger partial charge in [-0.05, 0) is 54.8 Å². The van der Waals surface area contributed by atoms with E-state index in [4.69, 9.17) is 4.74 Å². The molecule has 134 valence electrons. The van der Waals surface area contributed by atoms with Gasteiger partial charge in [0.2, 0.25) is 5.91 Å². The number of methoxy groups -OCH3 is 1. The Morgan fingerprint density at radius 2 is 1.92 bits per heavy atom. The highest BCUT2D eigenvalue weighted by molar-refractivity contribution is 8.15. The summed E-state index contributed by atoms with van der Waals surface area (Å²) in [6.07, 6.45) is 1.67. The third-order valence-electron chi connectivity index (χ3n) is 4.18. The van der Waals surface area contributed by atoms with Gasteiger partial charge in [-0.3, -0.25) is 9.69 Å². The fraction of sp³-hybridized carbons (Fsp3) is 0.250. The van der Waals surface area contributed by atoms with Gasteiger partial charge in [-0.25, -0.2) is 0 Å². The average Bonchev–Trinajstić information content (AvgIpc) is 2.92. The fourth-order valence-electron chi connectivity index (χ4n) is 2.60. The number of benzene rings is 2. The number of ether oxygens (including phenoxy) is 1. The van der Waals surface area contributed by atoms with Gasteiger partial charge >= 0.3 is 0 Å². The summed E-state index contributed by atoms with van der Waals surface area (Å²) in [5.74, 6) is 0.861. The lowest BCUT2D eigenvalue weighted by atomic mass is 10.1. The predicted octanol–water partition coefficient (Wildman–Crippen LogP) is 3.86. The molecule has 1 aliphatic heterocycles. The maximum absolute atomic E-state index is 12.5. The van der Waals surface area contributed by atoms with E-state index in [-0.39, 0.29) is 11.2 Å². The van der Waals surface area contributed by atoms with Crippen LogP contribution in [0.25, 0.3) is 0 Å². The number of aryl methyl sites for hydroxylation is 1. The third-order valence-corrected chi connectivity index (χ3v) is 5.25. The molecule has 0 aromatic heterocycles. The van der Waals surface area contributed by atoms with Crippen LogP contribution in [0, 0.1) is 6.92 Å². The van der Waals surface area contributed by atoms with E-state index in [1.807, 2.05) is 62.4 Å². The lowest BCUT2D eigenvalue weighted by Crippen LogP contribution is -2.31. The van der Waals surface area contributed by atoms with E-state index in [9.17, 15) is 4.79 Å². The van der Waals surface area contributed by atoms with E-state index in [2.05, 4.69) is 10.2 Å². The van der Waals surface area contributed by atoms with E-state index in [0.717, 1.165) is 22.4 Å². The molecule has 1 atom stereocenters. The van der Waals surface area contributed by atoms with Crippen LogP contribution in [0.2, 0.25) is 0 Å². The van der Waals surface area contributed by atoms with Crippen LogP contribution in [0.1, 0.15) is 23.6 Å². The van der Waals surface area contributed by atoms with Crippen molar-refractivity contribution in [2.45, 2.75) is 25.6 Å². The smallest absolute Gasteiger partial charge is 0.242 e. The van der Waals surface area contributed by atoms with Gasteiger partial charge in [0.1, 0.15) is 5.75 Å². The summed E-state index contributed by atoms with van der Waals surface area (Å²) in [6, 6.07) is 15.6. The molecule has 1 fully saturated rings. The summed E-state index contributed by atoms with van der Waals surface area (Å²) < 4.78 is 5.14. The first-order valence-electron chi connectivity index (χ1n) is 8.36. The summed E-state index contributed by atoms with van der Waals surface area (Å²) in [7, 11) is 1.63. The monoisotopic (exact) mass is 367 g/mol. The van der Waals surface area contributed by atoms with Crippen molar-refractivity contribution in [1.29, 1.82) is 0 Å². The normalized spacial score (nSPS) is 18.9. The molecule has 0 N–H and O–H groups in total. The van der Waals surface area contributed by atoms with Crippen LogP contribution < -0.4 is 4.74 Å². The molecule has 0 bridgehead atoms. The van der Waals surface area contributed by atoms with Crippen LogP contribution in [0.5, 0.6) is 5.75 Å². The van der Waals surface area contributed by atoms with Crippen LogP contribution in [0.3, 0.4) is 0 Å². The molecule has 26 heavy (non-hydrogen) atoms. The molecule has 1 saturated heterocycles. The molecule has 2 aromatic carbocycles. The molecule has 1 aliphatic rings. The Kier molecular flexibility index (Phi) is 5.73. The van der Waals surface area contributed by atoms with E-state index < -0.39 is 0 Å². The molecule has 1 amide bonds. The van der Waals surface area contributed by atoms with Crippen molar-refractivity contribution < 1.29 is 9.53 Å². The molecule has 0 radical (unpaired) electrons. The van der Waals surface area contributed by atoms with Crippen LogP contribution in [0.15, 0.2) is 58.7 Å². The van der Waals surface area contributed by atoms with Gasteiger partial charge in [-0.2, -0.15) is 5.10 Å². The number of carbonyl (C=O) groups excluding carboxylic acids is 1. The van der Waals surface area contributed by atoms with Crippen molar-refractivity contribution in [2.24, 2.45) is 10.2 Å². The molecule has 6 heteroatoms. The number of nitrogens with zero attached hydrogens (tertiary/aromatic N) is 3. The van der Waals surface area contributed by atoms with Gasteiger partial charge in [0, 0.05) is 0 Å². The van der Waals surface area contributed by atoms with Gasteiger partial charge in [0.05, 0.1) is 25.1 Å². The van der Waals surface area contributed by atoms with E-state index in [0.29, 0.717) is 11.7 Å². The fourth-order valence-corrected chi connectivity index (χ4v) is 3.52. The maximum atomic E-state index is 12.5.